The summed E-state index contributed by atoms with van der Waals surface area (Å²) in [6.07, 6.45) is 6.10. The molecule has 1 aliphatic heterocycles. The first kappa shape index (κ1) is 16.1. The van der Waals surface area contributed by atoms with Crippen LogP contribution >= 0.6 is 0 Å². The van der Waals surface area contributed by atoms with E-state index in [1.165, 1.54) is 25.7 Å². The first-order valence-electron chi connectivity index (χ1n) is 9.31. The van der Waals surface area contributed by atoms with Crippen LogP contribution < -0.4 is 10.2 Å². The van der Waals surface area contributed by atoms with Gasteiger partial charge in [-0.3, -0.25) is 4.79 Å². The van der Waals surface area contributed by atoms with Gasteiger partial charge in [-0.15, -0.1) is 0 Å². The molecule has 0 bridgehead atoms. The van der Waals surface area contributed by atoms with Gasteiger partial charge in [0.05, 0.1) is 6.10 Å². The number of amides is 1. The highest BCUT2D eigenvalue weighted by molar-refractivity contribution is 5.93. The number of ether oxygens (including phenoxy) is 1. The molecule has 4 nitrogen and oxygen atoms in total. The third-order valence-corrected chi connectivity index (χ3v) is 6.50. The van der Waals surface area contributed by atoms with Crippen molar-refractivity contribution in [3.63, 3.8) is 0 Å². The minimum absolute atomic E-state index is 0.169. The number of para-hydroxylation sites is 1. The predicted molar refractivity (Wildman–Crippen MR) is 95.0 cm³/mol. The van der Waals surface area contributed by atoms with Crippen LogP contribution in [0.4, 0.5) is 5.69 Å². The molecule has 3 aliphatic rings. The summed E-state index contributed by atoms with van der Waals surface area (Å²) >= 11 is 0. The molecule has 0 radical (unpaired) electrons. The summed E-state index contributed by atoms with van der Waals surface area (Å²) in [6.45, 7) is 3.06. The van der Waals surface area contributed by atoms with Gasteiger partial charge in [-0.25, -0.2) is 0 Å². The van der Waals surface area contributed by atoms with E-state index in [1.54, 1.807) is 4.90 Å². The number of carbonyl (C=O) groups is 1. The Kier molecular flexibility index (Phi) is 4.13. The van der Waals surface area contributed by atoms with Gasteiger partial charge in [0.1, 0.15) is 0 Å². The number of nitrogens with one attached hydrogen (secondary N) is 1. The van der Waals surface area contributed by atoms with Crippen LogP contribution in [0.1, 0.15) is 39.0 Å². The van der Waals surface area contributed by atoms with E-state index in [-0.39, 0.29) is 11.9 Å². The molecule has 1 spiro atoms. The number of hydrogen-bond acceptors (Lipinski definition) is 3. The topological polar surface area (TPSA) is 41.6 Å². The van der Waals surface area contributed by atoms with E-state index in [0.29, 0.717) is 29.9 Å². The first-order chi connectivity index (χ1) is 11.6. The van der Waals surface area contributed by atoms with Crippen molar-refractivity contribution in [3.05, 3.63) is 30.3 Å². The SMILES string of the molecule is CC(CC(=O)N(C)c1ccccc1)NC1C2CCOC2C12CCC2. The molecule has 4 rings (SSSR count). The Morgan fingerprint density at radius 1 is 1.38 bits per heavy atom. The monoisotopic (exact) mass is 328 g/mol. The second-order valence-electron chi connectivity index (χ2n) is 7.87. The van der Waals surface area contributed by atoms with Gasteiger partial charge in [-0.2, -0.15) is 0 Å². The molecule has 2 aliphatic carbocycles. The minimum atomic E-state index is 0.169. The zero-order chi connectivity index (χ0) is 16.7. The number of fused-ring (bicyclic) bond motifs is 2. The van der Waals surface area contributed by atoms with Crippen molar-refractivity contribution in [1.29, 1.82) is 0 Å². The van der Waals surface area contributed by atoms with Gasteiger partial charge < -0.3 is 15.0 Å². The van der Waals surface area contributed by atoms with Gasteiger partial charge >= 0.3 is 0 Å². The summed E-state index contributed by atoms with van der Waals surface area (Å²) in [4.78, 5) is 14.3. The van der Waals surface area contributed by atoms with E-state index < -0.39 is 0 Å². The maximum Gasteiger partial charge on any atom is 0.228 e. The van der Waals surface area contributed by atoms with E-state index in [4.69, 9.17) is 4.74 Å². The summed E-state index contributed by atoms with van der Waals surface area (Å²) in [7, 11) is 1.86. The van der Waals surface area contributed by atoms with Gasteiger partial charge in [-0.05, 0) is 38.3 Å². The maximum atomic E-state index is 12.6. The standard InChI is InChI=1S/C20H28N2O2/c1-14(13-17(23)22(2)15-7-4-3-5-8-15)21-18-16-9-12-24-19(16)20(18)10-6-11-20/h3-5,7-8,14,16,18-19,21H,6,9-13H2,1-2H3. The molecule has 1 aromatic carbocycles. The fraction of sp³-hybridized carbons (Fsp3) is 0.650. The van der Waals surface area contributed by atoms with Gasteiger partial charge in [0.25, 0.3) is 0 Å². The van der Waals surface area contributed by atoms with Crippen molar-refractivity contribution in [3.8, 4) is 0 Å². The lowest BCUT2D eigenvalue weighted by molar-refractivity contribution is -0.178. The number of anilines is 1. The molecule has 2 saturated carbocycles. The fourth-order valence-corrected chi connectivity index (χ4v) is 5.05. The van der Waals surface area contributed by atoms with Crippen LogP contribution in [0.2, 0.25) is 0 Å². The Morgan fingerprint density at radius 3 is 2.79 bits per heavy atom. The van der Waals surface area contributed by atoms with Gasteiger partial charge in [-0.1, -0.05) is 24.6 Å². The molecule has 0 aromatic heterocycles. The average molecular weight is 328 g/mol. The predicted octanol–water partition coefficient (Wildman–Crippen LogP) is 2.98. The molecule has 130 valence electrons. The van der Waals surface area contributed by atoms with Crippen LogP contribution in [0.25, 0.3) is 0 Å². The Balaban J connectivity index is 1.35. The molecule has 4 unspecified atom stereocenters. The molecule has 1 amide bonds. The second kappa shape index (κ2) is 6.16. The Hall–Kier alpha value is -1.39. The highest BCUT2D eigenvalue weighted by Gasteiger charge is 2.66. The Morgan fingerprint density at radius 2 is 2.12 bits per heavy atom. The van der Waals surface area contributed by atoms with Crippen LogP contribution in [0.3, 0.4) is 0 Å². The van der Waals surface area contributed by atoms with E-state index in [1.807, 2.05) is 37.4 Å². The molecular weight excluding hydrogens is 300 g/mol. The number of nitrogens with zero attached hydrogens (tertiary/aromatic N) is 1. The quantitative estimate of drug-likeness (QED) is 0.903. The lowest BCUT2D eigenvalue weighted by Crippen LogP contribution is -2.72. The van der Waals surface area contributed by atoms with Crippen molar-refractivity contribution in [2.24, 2.45) is 11.3 Å². The molecule has 1 saturated heterocycles. The summed E-state index contributed by atoms with van der Waals surface area (Å²) in [5.74, 6) is 0.831. The van der Waals surface area contributed by atoms with Crippen molar-refractivity contribution < 1.29 is 9.53 Å². The molecule has 1 heterocycles. The van der Waals surface area contributed by atoms with E-state index >= 15 is 0 Å². The minimum Gasteiger partial charge on any atom is -0.377 e. The zero-order valence-corrected chi connectivity index (χ0v) is 14.7. The molecule has 3 fully saturated rings. The van der Waals surface area contributed by atoms with Crippen LogP contribution in [0.5, 0.6) is 0 Å². The molecule has 24 heavy (non-hydrogen) atoms. The largest absolute Gasteiger partial charge is 0.377 e. The fourth-order valence-electron chi connectivity index (χ4n) is 5.05. The molecular formula is C20H28N2O2. The van der Waals surface area contributed by atoms with Crippen LogP contribution in [-0.2, 0) is 9.53 Å². The second-order valence-corrected chi connectivity index (χ2v) is 7.87. The Labute approximate surface area is 144 Å². The molecule has 4 atom stereocenters. The number of benzene rings is 1. The van der Waals surface area contributed by atoms with Crippen LogP contribution in [-0.4, -0.2) is 37.7 Å². The van der Waals surface area contributed by atoms with Crippen LogP contribution in [0, 0.1) is 11.3 Å². The van der Waals surface area contributed by atoms with E-state index in [9.17, 15) is 4.79 Å². The van der Waals surface area contributed by atoms with Crippen molar-refractivity contribution in [1.82, 2.24) is 5.32 Å². The Bertz CT molecular complexity index is 599. The average Bonchev–Trinajstić information content (AvgIpc) is 2.96. The lowest BCUT2D eigenvalue weighted by atomic mass is 9.46. The van der Waals surface area contributed by atoms with Gasteiger partial charge in [0.2, 0.25) is 5.91 Å². The molecule has 4 heteroatoms. The summed E-state index contributed by atoms with van der Waals surface area (Å²) in [6, 6.07) is 10.6. The van der Waals surface area contributed by atoms with Crippen molar-refractivity contribution in [2.45, 2.75) is 57.2 Å². The van der Waals surface area contributed by atoms with Crippen molar-refractivity contribution in [2.75, 3.05) is 18.6 Å². The van der Waals surface area contributed by atoms with Crippen LogP contribution in [0.15, 0.2) is 30.3 Å². The van der Waals surface area contributed by atoms with E-state index in [2.05, 4.69) is 12.2 Å². The third-order valence-electron chi connectivity index (χ3n) is 6.50. The lowest BCUT2D eigenvalue weighted by Gasteiger charge is -2.64. The number of hydrogen-bond donors (Lipinski definition) is 1. The van der Waals surface area contributed by atoms with Gasteiger partial charge in [0.15, 0.2) is 0 Å². The van der Waals surface area contributed by atoms with Gasteiger partial charge in [0, 0.05) is 49.2 Å². The highest BCUT2D eigenvalue weighted by Crippen LogP contribution is 2.62. The summed E-state index contributed by atoms with van der Waals surface area (Å²) in [5, 5.41) is 3.79. The number of carbonyl (C=O) groups excluding carboxylic acids is 1. The third kappa shape index (κ3) is 2.47. The maximum absolute atomic E-state index is 12.6. The molecule has 1 N–H and O–H groups in total. The summed E-state index contributed by atoms with van der Waals surface area (Å²) < 4.78 is 5.98. The highest BCUT2D eigenvalue weighted by atomic mass is 16.5. The zero-order valence-electron chi connectivity index (χ0n) is 14.7. The molecule has 1 aromatic rings. The van der Waals surface area contributed by atoms with Crippen molar-refractivity contribution >= 4 is 11.6 Å². The van der Waals surface area contributed by atoms with E-state index in [0.717, 1.165) is 12.3 Å². The smallest absolute Gasteiger partial charge is 0.228 e. The summed E-state index contributed by atoms with van der Waals surface area (Å²) in [5.41, 5.74) is 1.34. The number of rotatable bonds is 5. The normalized spacial score (nSPS) is 31.0. The first-order valence-corrected chi connectivity index (χ1v) is 9.31.